The Morgan fingerprint density at radius 3 is 2.73 bits per heavy atom. The molecule has 0 saturated carbocycles. The monoisotopic (exact) mass is 204 g/mol. The molecule has 0 aliphatic carbocycles. The summed E-state index contributed by atoms with van der Waals surface area (Å²) < 4.78 is 1.72. The lowest BCUT2D eigenvalue weighted by Gasteiger charge is -2.03. The highest BCUT2D eigenvalue weighted by Crippen LogP contribution is 2.14. The molecule has 0 unspecified atom stereocenters. The first-order chi connectivity index (χ1) is 7.28. The molecule has 2 aromatic rings. The number of rotatable bonds is 3. The van der Waals surface area contributed by atoms with E-state index in [1.165, 1.54) is 6.33 Å². The van der Waals surface area contributed by atoms with Crippen LogP contribution in [0.1, 0.15) is 0 Å². The fourth-order valence-electron chi connectivity index (χ4n) is 1.20. The predicted octanol–water partition coefficient (Wildman–Crippen LogP) is 0.995. The van der Waals surface area contributed by atoms with Gasteiger partial charge in [-0.25, -0.2) is 9.97 Å². The second kappa shape index (κ2) is 3.95. The van der Waals surface area contributed by atoms with Crippen LogP contribution in [0.4, 0.5) is 17.3 Å². The average molecular weight is 204 g/mol. The standard InChI is InChI=1S/C9H12N6/c1-10-8-3-9(12-6-11-8)14-7-4-13-15(2)5-7/h3-6H,1-2H3,(H2,10,11,12,14). The van der Waals surface area contributed by atoms with Gasteiger partial charge < -0.3 is 10.6 Å². The van der Waals surface area contributed by atoms with Crippen molar-refractivity contribution in [2.75, 3.05) is 17.7 Å². The first kappa shape index (κ1) is 9.45. The largest absolute Gasteiger partial charge is 0.373 e. The van der Waals surface area contributed by atoms with Crippen LogP contribution in [0.2, 0.25) is 0 Å². The third-order valence-electron chi connectivity index (χ3n) is 1.90. The summed E-state index contributed by atoms with van der Waals surface area (Å²) in [5.74, 6) is 1.51. The third kappa shape index (κ3) is 2.22. The van der Waals surface area contributed by atoms with Crippen LogP contribution in [0.25, 0.3) is 0 Å². The molecule has 0 aromatic carbocycles. The Hall–Kier alpha value is -2.11. The SMILES string of the molecule is CNc1cc(Nc2cnn(C)c2)ncn1. The van der Waals surface area contributed by atoms with E-state index in [1.54, 1.807) is 10.9 Å². The summed E-state index contributed by atoms with van der Waals surface area (Å²) in [7, 11) is 3.68. The van der Waals surface area contributed by atoms with E-state index in [9.17, 15) is 0 Å². The first-order valence-corrected chi connectivity index (χ1v) is 4.53. The number of nitrogens with one attached hydrogen (secondary N) is 2. The van der Waals surface area contributed by atoms with Crippen molar-refractivity contribution in [2.24, 2.45) is 7.05 Å². The molecule has 0 radical (unpaired) electrons. The van der Waals surface area contributed by atoms with Gasteiger partial charge in [0.1, 0.15) is 18.0 Å². The highest BCUT2D eigenvalue weighted by molar-refractivity contribution is 5.56. The van der Waals surface area contributed by atoms with Crippen molar-refractivity contribution in [1.82, 2.24) is 19.7 Å². The fraction of sp³-hybridized carbons (Fsp3) is 0.222. The molecule has 2 aromatic heterocycles. The number of aryl methyl sites for hydroxylation is 1. The van der Waals surface area contributed by atoms with Crippen LogP contribution in [-0.2, 0) is 7.05 Å². The van der Waals surface area contributed by atoms with E-state index in [2.05, 4.69) is 25.7 Å². The Morgan fingerprint density at radius 2 is 2.07 bits per heavy atom. The Bertz CT molecular complexity index is 449. The van der Waals surface area contributed by atoms with Crippen LogP contribution in [0.3, 0.4) is 0 Å². The van der Waals surface area contributed by atoms with Crippen molar-refractivity contribution in [3.63, 3.8) is 0 Å². The van der Waals surface area contributed by atoms with Gasteiger partial charge in [-0.15, -0.1) is 0 Å². The fourth-order valence-corrected chi connectivity index (χ4v) is 1.20. The summed E-state index contributed by atoms with van der Waals surface area (Å²) in [5, 5.41) is 10.1. The smallest absolute Gasteiger partial charge is 0.135 e. The molecule has 0 spiro atoms. The minimum absolute atomic E-state index is 0.738. The maximum absolute atomic E-state index is 4.09. The summed E-state index contributed by atoms with van der Waals surface area (Å²) in [6.45, 7) is 0. The minimum atomic E-state index is 0.738. The maximum atomic E-state index is 4.09. The maximum Gasteiger partial charge on any atom is 0.135 e. The van der Waals surface area contributed by atoms with Gasteiger partial charge in [-0.1, -0.05) is 0 Å². The zero-order chi connectivity index (χ0) is 10.7. The summed E-state index contributed by atoms with van der Waals surface area (Å²) in [5.41, 5.74) is 0.901. The number of nitrogens with zero attached hydrogens (tertiary/aromatic N) is 4. The van der Waals surface area contributed by atoms with Crippen molar-refractivity contribution in [3.8, 4) is 0 Å². The molecule has 2 N–H and O–H groups in total. The minimum Gasteiger partial charge on any atom is -0.373 e. The molecule has 0 atom stereocenters. The van der Waals surface area contributed by atoms with Crippen LogP contribution in [0.5, 0.6) is 0 Å². The molecule has 6 heteroatoms. The third-order valence-corrected chi connectivity index (χ3v) is 1.90. The van der Waals surface area contributed by atoms with E-state index in [0.29, 0.717) is 0 Å². The number of hydrogen-bond acceptors (Lipinski definition) is 5. The molecule has 2 heterocycles. The molecule has 6 nitrogen and oxygen atoms in total. The van der Waals surface area contributed by atoms with Crippen molar-refractivity contribution in [3.05, 3.63) is 24.8 Å². The van der Waals surface area contributed by atoms with E-state index in [1.807, 2.05) is 26.4 Å². The Morgan fingerprint density at radius 1 is 1.27 bits per heavy atom. The molecule has 2 rings (SSSR count). The molecule has 0 fully saturated rings. The predicted molar refractivity (Wildman–Crippen MR) is 58.1 cm³/mol. The van der Waals surface area contributed by atoms with Crippen LogP contribution in [-0.4, -0.2) is 26.8 Å². The summed E-state index contributed by atoms with van der Waals surface area (Å²) >= 11 is 0. The van der Waals surface area contributed by atoms with Crippen molar-refractivity contribution in [1.29, 1.82) is 0 Å². The lowest BCUT2D eigenvalue weighted by Crippen LogP contribution is -1.97. The zero-order valence-electron chi connectivity index (χ0n) is 8.60. The summed E-state index contributed by atoms with van der Waals surface area (Å²) in [6.07, 6.45) is 5.12. The van der Waals surface area contributed by atoms with Crippen molar-refractivity contribution < 1.29 is 0 Å². The van der Waals surface area contributed by atoms with E-state index in [-0.39, 0.29) is 0 Å². The van der Waals surface area contributed by atoms with E-state index >= 15 is 0 Å². The quantitative estimate of drug-likeness (QED) is 0.780. The van der Waals surface area contributed by atoms with Gasteiger partial charge in [-0.3, -0.25) is 4.68 Å². The first-order valence-electron chi connectivity index (χ1n) is 4.53. The van der Waals surface area contributed by atoms with Crippen LogP contribution in [0.15, 0.2) is 24.8 Å². The molecule has 0 bridgehead atoms. The Kier molecular flexibility index (Phi) is 2.49. The van der Waals surface area contributed by atoms with Crippen LogP contribution in [0, 0.1) is 0 Å². The molecular weight excluding hydrogens is 192 g/mol. The zero-order valence-corrected chi connectivity index (χ0v) is 8.60. The van der Waals surface area contributed by atoms with Gasteiger partial charge in [-0.2, -0.15) is 5.10 Å². The van der Waals surface area contributed by atoms with E-state index in [0.717, 1.165) is 17.3 Å². The molecule has 0 aliphatic heterocycles. The van der Waals surface area contributed by atoms with Gasteiger partial charge in [0.25, 0.3) is 0 Å². The molecule has 15 heavy (non-hydrogen) atoms. The molecular formula is C9H12N6. The highest BCUT2D eigenvalue weighted by Gasteiger charge is 1.99. The van der Waals surface area contributed by atoms with E-state index < -0.39 is 0 Å². The van der Waals surface area contributed by atoms with Crippen molar-refractivity contribution >= 4 is 17.3 Å². The summed E-state index contributed by atoms with van der Waals surface area (Å²) in [4.78, 5) is 8.11. The van der Waals surface area contributed by atoms with Crippen LogP contribution < -0.4 is 10.6 Å². The van der Waals surface area contributed by atoms with E-state index in [4.69, 9.17) is 0 Å². The normalized spacial score (nSPS) is 10.0. The van der Waals surface area contributed by atoms with Crippen molar-refractivity contribution in [2.45, 2.75) is 0 Å². The topological polar surface area (TPSA) is 67.7 Å². The van der Waals surface area contributed by atoms with Gasteiger partial charge in [0.2, 0.25) is 0 Å². The molecule has 0 saturated heterocycles. The molecule has 78 valence electrons. The highest BCUT2D eigenvalue weighted by atomic mass is 15.3. The van der Waals surface area contributed by atoms with Gasteiger partial charge in [0, 0.05) is 26.4 Å². The lowest BCUT2D eigenvalue weighted by atomic mass is 10.5. The van der Waals surface area contributed by atoms with Gasteiger partial charge in [0.05, 0.1) is 11.9 Å². The average Bonchev–Trinajstić information content (AvgIpc) is 2.64. The Balaban J connectivity index is 2.16. The second-order valence-electron chi connectivity index (χ2n) is 3.07. The van der Waals surface area contributed by atoms with Gasteiger partial charge in [-0.05, 0) is 0 Å². The lowest BCUT2D eigenvalue weighted by molar-refractivity contribution is 0.768. The van der Waals surface area contributed by atoms with Crippen LogP contribution >= 0.6 is 0 Å². The number of anilines is 3. The molecule has 0 amide bonds. The van der Waals surface area contributed by atoms with Gasteiger partial charge >= 0.3 is 0 Å². The number of hydrogen-bond donors (Lipinski definition) is 2. The Labute approximate surface area is 87.4 Å². The second-order valence-corrected chi connectivity index (χ2v) is 3.07. The summed E-state index contributed by atoms with van der Waals surface area (Å²) in [6, 6.07) is 1.83. The van der Waals surface area contributed by atoms with Gasteiger partial charge in [0.15, 0.2) is 0 Å². The number of aromatic nitrogens is 4. The molecule has 0 aliphatic rings.